The number of carbonyl (C=O) groups is 2. The van der Waals surface area contributed by atoms with Crippen LogP contribution in [0.4, 0.5) is 5.00 Å². The van der Waals surface area contributed by atoms with E-state index in [1.165, 1.54) is 26.7 Å². The summed E-state index contributed by atoms with van der Waals surface area (Å²) in [6, 6.07) is 6.07. The van der Waals surface area contributed by atoms with Gasteiger partial charge >= 0.3 is 0 Å². The van der Waals surface area contributed by atoms with Gasteiger partial charge in [0.05, 0.1) is 30.0 Å². The molecule has 0 saturated heterocycles. The molecule has 4 N–H and O–H groups in total. The number of hydrogen-bond acceptors (Lipinski definition) is 3. The van der Waals surface area contributed by atoms with E-state index in [2.05, 4.69) is 18.3 Å². The molecule has 0 aliphatic carbocycles. The van der Waals surface area contributed by atoms with Crippen molar-refractivity contribution in [1.82, 2.24) is 0 Å². The highest BCUT2D eigenvalue weighted by molar-refractivity contribution is 7.17. The number of aryl methyl sites for hydroxylation is 2. The molecule has 1 aliphatic rings. The van der Waals surface area contributed by atoms with E-state index in [4.69, 9.17) is 5.73 Å². The van der Waals surface area contributed by atoms with Crippen molar-refractivity contribution in [3.8, 4) is 0 Å². The van der Waals surface area contributed by atoms with Gasteiger partial charge in [-0.2, -0.15) is 0 Å². The summed E-state index contributed by atoms with van der Waals surface area (Å²) in [4.78, 5) is 27.2. The Labute approximate surface area is 158 Å². The van der Waals surface area contributed by atoms with Gasteiger partial charge in [0.2, 0.25) is 5.91 Å². The van der Waals surface area contributed by atoms with Crippen LogP contribution in [0.5, 0.6) is 0 Å². The third-order valence-electron chi connectivity index (χ3n) is 5.08. The molecule has 0 fully saturated rings. The fraction of sp³-hybridized carbons (Fsp3) is 0.400. The van der Waals surface area contributed by atoms with Crippen LogP contribution in [0, 0.1) is 13.8 Å². The van der Waals surface area contributed by atoms with E-state index in [9.17, 15) is 9.59 Å². The molecule has 1 unspecified atom stereocenters. The highest BCUT2D eigenvalue weighted by atomic mass is 32.1. The van der Waals surface area contributed by atoms with Crippen LogP contribution in [0.2, 0.25) is 0 Å². The lowest BCUT2D eigenvalue weighted by atomic mass is 10.0. The Morgan fingerprint density at radius 3 is 2.73 bits per heavy atom. The number of amides is 2. The van der Waals surface area contributed by atoms with E-state index in [1.54, 1.807) is 0 Å². The number of anilines is 1. The maximum Gasteiger partial charge on any atom is 0.252 e. The van der Waals surface area contributed by atoms with Crippen LogP contribution in [-0.2, 0) is 24.2 Å². The fourth-order valence-corrected chi connectivity index (χ4v) is 4.92. The van der Waals surface area contributed by atoms with Crippen LogP contribution < -0.4 is 16.0 Å². The normalized spacial score (nSPS) is 16.2. The van der Waals surface area contributed by atoms with Crippen LogP contribution in [-0.4, -0.2) is 24.9 Å². The number of benzene rings is 1. The molecule has 6 heteroatoms. The van der Waals surface area contributed by atoms with E-state index in [0.29, 0.717) is 17.0 Å². The molecule has 1 aromatic heterocycles. The maximum atomic E-state index is 12.6. The largest absolute Gasteiger partial charge is 0.365 e. The number of rotatable bonds is 5. The lowest BCUT2D eigenvalue weighted by molar-refractivity contribution is -0.913. The Kier molecular flexibility index (Phi) is 5.44. The zero-order valence-electron chi connectivity index (χ0n) is 15.6. The van der Waals surface area contributed by atoms with Crippen LogP contribution in [0.25, 0.3) is 0 Å². The summed E-state index contributed by atoms with van der Waals surface area (Å²) in [5.74, 6) is -0.568. The van der Waals surface area contributed by atoms with E-state index in [-0.39, 0.29) is 5.91 Å². The van der Waals surface area contributed by atoms with Crippen molar-refractivity contribution in [2.75, 3.05) is 18.4 Å². The van der Waals surface area contributed by atoms with E-state index >= 15 is 0 Å². The molecule has 2 amide bonds. The summed E-state index contributed by atoms with van der Waals surface area (Å²) in [7, 11) is 0. The molecule has 3 rings (SSSR count). The van der Waals surface area contributed by atoms with Crippen molar-refractivity contribution in [2.24, 2.45) is 5.73 Å². The molecule has 1 atom stereocenters. The zero-order valence-corrected chi connectivity index (χ0v) is 16.4. The summed E-state index contributed by atoms with van der Waals surface area (Å²) in [5.41, 5.74) is 10.4. The van der Waals surface area contributed by atoms with Crippen molar-refractivity contribution in [2.45, 2.75) is 40.2 Å². The Hall–Kier alpha value is -2.18. The van der Waals surface area contributed by atoms with Crippen molar-refractivity contribution >= 4 is 28.2 Å². The highest BCUT2D eigenvalue weighted by Crippen LogP contribution is 2.34. The number of nitrogens with two attached hydrogens (primary N) is 1. The Morgan fingerprint density at radius 2 is 2.08 bits per heavy atom. The van der Waals surface area contributed by atoms with Crippen molar-refractivity contribution in [3.63, 3.8) is 0 Å². The quantitative estimate of drug-likeness (QED) is 0.746. The first-order valence-corrected chi connectivity index (χ1v) is 9.84. The van der Waals surface area contributed by atoms with E-state index in [0.717, 1.165) is 42.7 Å². The van der Waals surface area contributed by atoms with Gasteiger partial charge in [-0.15, -0.1) is 11.3 Å². The third-order valence-corrected chi connectivity index (χ3v) is 6.23. The molecule has 2 aromatic rings. The fourth-order valence-electron chi connectivity index (χ4n) is 3.58. The second-order valence-corrected chi connectivity index (χ2v) is 8.11. The topological polar surface area (TPSA) is 76.6 Å². The molecule has 1 aromatic carbocycles. The first-order chi connectivity index (χ1) is 12.4. The minimum Gasteiger partial charge on any atom is -0.365 e. The Morgan fingerprint density at radius 1 is 1.31 bits per heavy atom. The molecule has 0 saturated carbocycles. The number of primary amides is 1. The molecule has 0 spiro atoms. The number of likely N-dealkylation sites (N-methyl/N-ethyl adjacent to an activating group) is 1. The minimum atomic E-state index is -0.454. The van der Waals surface area contributed by atoms with Gasteiger partial charge in [-0.3, -0.25) is 9.59 Å². The van der Waals surface area contributed by atoms with Crippen LogP contribution in [0.3, 0.4) is 0 Å². The van der Waals surface area contributed by atoms with Gasteiger partial charge in [-0.1, -0.05) is 23.8 Å². The monoisotopic (exact) mass is 372 g/mol. The van der Waals surface area contributed by atoms with Crippen molar-refractivity contribution < 1.29 is 14.5 Å². The van der Waals surface area contributed by atoms with Gasteiger partial charge in [-0.25, -0.2) is 0 Å². The minimum absolute atomic E-state index is 0.113. The number of fused-ring (bicyclic) bond motifs is 1. The second kappa shape index (κ2) is 7.60. The van der Waals surface area contributed by atoms with Crippen molar-refractivity contribution in [1.29, 1.82) is 0 Å². The van der Waals surface area contributed by atoms with Crippen LogP contribution in [0.15, 0.2) is 18.2 Å². The molecule has 5 nitrogen and oxygen atoms in total. The lowest BCUT2D eigenvalue weighted by Crippen LogP contribution is -3.11. The predicted octanol–water partition coefficient (Wildman–Crippen LogP) is 1.61. The molecule has 0 bridgehead atoms. The average molecular weight is 373 g/mol. The summed E-state index contributed by atoms with van der Waals surface area (Å²) < 4.78 is 0. The first kappa shape index (κ1) is 18.6. The number of nitrogens with one attached hydrogen (secondary N) is 2. The number of quaternary nitrogens is 1. The SMILES string of the molecule is CC[NH+]1CCc2c(sc(NC(=O)Cc3ccc(C)cc3C)c2C(N)=O)C1. The summed E-state index contributed by atoms with van der Waals surface area (Å²) in [5, 5.41) is 3.55. The summed E-state index contributed by atoms with van der Waals surface area (Å²) in [6.45, 7) is 9.15. The van der Waals surface area contributed by atoms with Gasteiger partial charge in [0, 0.05) is 6.42 Å². The Bertz CT molecular complexity index is 857. The molecular weight excluding hydrogens is 346 g/mol. The van der Waals surface area contributed by atoms with Gasteiger partial charge in [0.15, 0.2) is 0 Å². The third kappa shape index (κ3) is 3.81. The molecule has 2 heterocycles. The van der Waals surface area contributed by atoms with Gasteiger partial charge in [0.1, 0.15) is 11.5 Å². The van der Waals surface area contributed by atoms with Crippen LogP contribution in [0.1, 0.15) is 44.4 Å². The van der Waals surface area contributed by atoms with Crippen LogP contribution >= 0.6 is 11.3 Å². The van der Waals surface area contributed by atoms with Gasteiger partial charge in [0.25, 0.3) is 5.91 Å². The average Bonchev–Trinajstić information content (AvgIpc) is 2.94. The van der Waals surface area contributed by atoms with E-state index in [1.807, 2.05) is 26.0 Å². The zero-order chi connectivity index (χ0) is 18.8. The summed E-state index contributed by atoms with van der Waals surface area (Å²) >= 11 is 1.50. The Balaban J connectivity index is 1.82. The predicted molar refractivity (Wildman–Crippen MR) is 105 cm³/mol. The number of hydrogen-bond donors (Lipinski definition) is 3. The lowest BCUT2D eigenvalue weighted by Gasteiger charge is -2.22. The highest BCUT2D eigenvalue weighted by Gasteiger charge is 2.29. The first-order valence-electron chi connectivity index (χ1n) is 9.03. The number of carbonyl (C=O) groups excluding carboxylic acids is 2. The maximum absolute atomic E-state index is 12.6. The van der Waals surface area contributed by atoms with Crippen molar-refractivity contribution in [3.05, 3.63) is 50.9 Å². The van der Waals surface area contributed by atoms with Gasteiger partial charge in [-0.05, 0) is 37.5 Å². The van der Waals surface area contributed by atoms with E-state index < -0.39 is 5.91 Å². The molecule has 0 radical (unpaired) electrons. The summed E-state index contributed by atoms with van der Waals surface area (Å²) in [6.07, 6.45) is 1.12. The standard InChI is InChI=1S/C20H25N3O2S/c1-4-23-8-7-15-16(11-23)26-20(18(15)19(21)25)22-17(24)10-14-6-5-12(2)9-13(14)3/h5-6,9H,4,7-8,10-11H2,1-3H3,(H2,21,25)(H,22,24)/p+1. The molecule has 26 heavy (non-hydrogen) atoms. The van der Waals surface area contributed by atoms with Gasteiger partial charge < -0.3 is 16.0 Å². The molecule has 1 aliphatic heterocycles. The second-order valence-electron chi connectivity index (χ2n) is 7.01. The molecular formula is C20H26N3O2S+. The smallest absolute Gasteiger partial charge is 0.252 e. The molecule has 138 valence electrons. The number of thiophene rings is 1.